The Balaban J connectivity index is 2.82. The van der Waals surface area contributed by atoms with Gasteiger partial charge in [-0.1, -0.05) is 55.4 Å². The second-order valence-corrected chi connectivity index (χ2v) is 14.1. The first-order valence-electron chi connectivity index (χ1n) is 14.3. The molecule has 39 heavy (non-hydrogen) atoms. The van der Waals surface area contributed by atoms with Crippen molar-refractivity contribution in [2.24, 2.45) is 23.7 Å². The second kappa shape index (κ2) is 15.1. The molecule has 0 bridgehead atoms. The van der Waals surface area contributed by atoms with Gasteiger partial charge in [-0.25, -0.2) is 8.42 Å². The average Bonchev–Trinajstić information content (AvgIpc) is 2.81. The largest absolute Gasteiger partial charge is 0.491 e. The molecule has 2 aromatic carbocycles. The first kappa shape index (κ1) is 33.1. The van der Waals surface area contributed by atoms with Crippen LogP contribution in [0.25, 0.3) is 0 Å². The van der Waals surface area contributed by atoms with Crippen molar-refractivity contribution in [1.29, 1.82) is 0 Å². The number of benzene rings is 2. The van der Waals surface area contributed by atoms with Crippen LogP contribution in [0.3, 0.4) is 0 Å². The van der Waals surface area contributed by atoms with E-state index >= 15 is 0 Å². The molecular formula is C32H50O6S. The maximum atomic E-state index is 14.3. The second-order valence-electron chi connectivity index (χ2n) is 12.2. The van der Waals surface area contributed by atoms with E-state index in [1.807, 2.05) is 0 Å². The fraction of sp³-hybridized carbons (Fsp3) is 0.625. The normalized spacial score (nSPS) is 12.3. The number of ether oxygens (including phenoxy) is 2. The van der Waals surface area contributed by atoms with Crippen LogP contribution in [-0.4, -0.2) is 45.1 Å². The molecule has 2 aromatic rings. The molecule has 0 aliphatic heterocycles. The van der Waals surface area contributed by atoms with Gasteiger partial charge >= 0.3 is 0 Å². The van der Waals surface area contributed by atoms with Crippen LogP contribution in [0.4, 0.5) is 0 Å². The Hall–Kier alpha value is -2.09. The highest BCUT2D eigenvalue weighted by molar-refractivity contribution is 7.91. The summed E-state index contributed by atoms with van der Waals surface area (Å²) in [7, 11) is -3.86. The van der Waals surface area contributed by atoms with Gasteiger partial charge in [0.25, 0.3) is 0 Å². The lowest BCUT2D eigenvalue weighted by Crippen LogP contribution is -2.14. The third-order valence-electron chi connectivity index (χ3n) is 6.24. The van der Waals surface area contributed by atoms with E-state index in [1.54, 1.807) is 24.3 Å². The molecule has 0 aliphatic carbocycles. The van der Waals surface area contributed by atoms with Crippen LogP contribution < -0.4 is 9.47 Å². The molecular weight excluding hydrogens is 512 g/mol. The molecule has 0 radical (unpaired) electrons. The first-order valence-corrected chi connectivity index (χ1v) is 15.8. The van der Waals surface area contributed by atoms with Gasteiger partial charge in [0.2, 0.25) is 9.84 Å². The van der Waals surface area contributed by atoms with E-state index in [-0.39, 0.29) is 36.2 Å². The molecule has 2 rings (SSSR count). The third kappa shape index (κ3) is 9.51. The fourth-order valence-corrected chi connectivity index (χ4v) is 6.39. The maximum Gasteiger partial charge on any atom is 0.206 e. The minimum atomic E-state index is -3.86. The van der Waals surface area contributed by atoms with Crippen molar-refractivity contribution in [1.82, 2.24) is 0 Å². The van der Waals surface area contributed by atoms with E-state index in [1.165, 1.54) is 0 Å². The van der Waals surface area contributed by atoms with Gasteiger partial charge in [0, 0.05) is 0 Å². The van der Waals surface area contributed by atoms with Gasteiger partial charge in [-0.05, 0) is 95.9 Å². The molecule has 0 fully saturated rings. The zero-order valence-corrected chi connectivity index (χ0v) is 26.0. The van der Waals surface area contributed by atoms with Crippen LogP contribution in [0.15, 0.2) is 34.1 Å². The van der Waals surface area contributed by atoms with E-state index in [9.17, 15) is 18.6 Å². The average molecular weight is 563 g/mol. The van der Waals surface area contributed by atoms with Crippen molar-refractivity contribution in [2.45, 2.75) is 90.9 Å². The molecule has 7 heteroatoms. The molecule has 0 spiro atoms. The van der Waals surface area contributed by atoms with Gasteiger partial charge in [0.15, 0.2) is 0 Å². The predicted molar refractivity (Wildman–Crippen MR) is 158 cm³/mol. The summed E-state index contributed by atoms with van der Waals surface area (Å²) in [6, 6.07) is 7.02. The van der Waals surface area contributed by atoms with E-state index < -0.39 is 9.84 Å². The number of hydrogen-bond acceptors (Lipinski definition) is 6. The van der Waals surface area contributed by atoms with Crippen molar-refractivity contribution in [3.63, 3.8) is 0 Å². The van der Waals surface area contributed by atoms with Gasteiger partial charge in [0.1, 0.15) is 24.7 Å². The van der Waals surface area contributed by atoms with Crippen molar-refractivity contribution >= 4 is 9.84 Å². The standard InChI is InChI=1S/C32H50O6S/c1-21(2)13-25-17-29(18-26(14-22(3)4)31(25)37-11-9-33)39(35,36)30-19-27(15-23(5)6)32(38-12-10-34)28(20-30)16-24(7)8/h17-24,33-34H,9-16H2,1-8H3. The smallest absolute Gasteiger partial charge is 0.206 e. The SMILES string of the molecule is CC(C)Cc1cc(S(=O)(=O)c2cc(CC(C)C)c(OCCO)c(CC(C)C)c2)cc(CC(C)C)c1OCCO. The first-order chi connectivity index (χ1) is 18.3. The Kier molecular flexibility index (Phi) is 12.8. The third-order valence-corrected chi connectivity index (χ3v) is 7.95. The highest BCUT2D eigenvalue weighted by Crippen LogP contribution is 2.37. The van der Waals surface area contributed by atoms with Crippen LogP contribution in [0.2, 0.25) is 0 Å². The lowest BCUT2D eigenvalue weighted by molar-refractivity contribution is 0.198. The van der Waals surface area contributed by atoms with Crippen LogP contribution in [0.1, 0.15) is 77.6 Å². The monoisotopic (exact) mass is 562 g/mol. The summed E-state index contributed by atoms with van der Waals surface area (Å²) >= 11 is 0. The van der Waals surface area contributed by atoms with Crippen LogP contribution >= 0.6 is 0 Å². The molecule has 0 saturated heterocycles. The van der Waals surface area contributed by atoms with E-state index in [0.717, 1.165) is 22.3 Å². The molecule has 0 unspecified atom stereocenters. The minimum Gasteiger partial charge on any atom is -0.491 e. The summed E-state index contributed by atoms with van der Waals surface area (Å²) in [6.07, 6.45) is 2.67. The summed E-state index contributed by atoms with van der Waals surface area (Å²) in [6.45, 7) is 16.9. The fourth-order valence-electron chi connectivity index (χ4n) is 4.92. The zero-order chi connectivity index (χ0) is 29.3. The van der Waals surface area contributed by atoms with Gasteiger partial charge in [0.05, 0.1) is 23.0 Å². The Labute approximate surface area is 236 Å². The number of hydrogen-bond donors (Lipinski definition) is 2. The van der Waals surface area contributed by atoms with Gasteiger partial charge in [-0.3, -0.25) is 0 Å². The number of aliphatic hydroxyl groups excluding tert-OH is 2. The van der Waals surface area contributed by atoms with Crippen LogP contribution in [-0.2, 0) is 35.5 Å². The van der Waals surface area contributed by atoms with Crippen molar-refractivity contribution in [3.05, 3.63) is 46.5 Å². The Bertz CT molecular complexity index is 1020. The van der Waals surface area contributed by atoms with Gasteiger partial charge in [-0.15, -0.1) is 0 Å². The van der Waals surface area contributed by atoms with E-state index in [4.69, 9.17) is 9.47 Å². The number of aliphatic hydroxyl groups is 2. The Morgan fingerprint density at radius 2 is 0.821 bits per heavy atom. The van der Waals surface area contributed by atoms with Crippen molar-refractivity contribution in [2.75, 3.05) is 26.4 Å². The van der Waals surface area contributed by atoms with Crippen LogP contribution in [0, 0.1) is 23.7 Å². The summed E-state index contributed by atoms with van der Waals surface area (Å²) in [4.78, 5) is 0.528. The lowest BCUT2D eigenvalue weighted by Gasteiger charge is -2.22. The van der Waals surface area contributed by atoms with E-state index in [2.05, 4.69) is 55.4 Å². The van der Waals surface area contributed by atoms with Crippen LogP contribution in [0.5, 0.6) is 11.5 Å². The molecule has 0 atom stereocenters. The Morgan fingerprint density at radius 3 is 1.03 bits per heavy atom. The number of rotatable bonds is 16. The Morgan fingerprint density at radius 1 is 0.564 bits per heavy atom. The molecule has 0 amide bonds. The molecule has 0 aliphatic rings. The molecule has 220 valence electrons. The highest BCUT2D eigenvalue weighted by Gasteiger charge is 2.26. The maximum absolute atomic E-state index is 14.3. The predicted octanol–water partition coefficient (Wildman–Crippen LogP) is 6.06. The molecule has 0 aromatic heterocycles. The topological polar surface area (TPSA) is 93.1 Å². The van der Waals surface area contributed by atoms with Crippen molar-refractivity contribution < 1.29 is 28.1 Å². The summed E-state index contributed by atoms with van der Waals surface area (Å²) < 4.78 is 40.5. The summed E-state index contributed by atoms with van der Waals surface area (Å²) in [5, 5.41) is 18.8. The van der Waals surface area contributed by atoms with Gasteiger partial charge < -0.3 is 19.7 Å². The summed E-state index contributed by atoms with van der Waals surface area (Å²) in [5.41, 5.74) is 3.40. The highest BCUT2D eigenvalue weighted by atomic mass is 32.2. The van der Waals surface area contributed by atoms with Gasteiger partial charge in [-0.2, -0.15) is 0 Å². The molecule has 0 saturated carbocycles. The molecule has 6 nitrogen and oxygen atoms in total. The zero-order valence-electron chi connectivity index (χ0n) is 25.2. The number of sulfone groups is 1. The summed E-state index contributed by atoms with van der Waals surface area (Å²) in [5.74, 6) is 2.57. The van der Waals surface area contributed by atoms with Crippen molar-refractivity contribution in [3.8, 4) is 11.5 Å². The lowest BCUT2D eigenvalue weighted by atomic mass is 9.95. The quantitative estimate of drug-likeness (QED) is 0.259. The molecule has 0 heterocycles. The van der Waals surface area contributed by atoms with E-state index in [0.29, 0.717) is 60.9 Å². The molecule has 2 N–H and O–H groups in total. The minimum absolute atomic E-state index is 0.107.